The monoisotopic (exact) mass is 360 g/mol. The Morgan fingerprint density at radius 3 is 2.27 bits per heavy atom. The summed E-state index contributed by atoms with van der Waals surface area (Å²) in [6, 6.07) is 15.2. The van der Waals surface area contributed by atoms with E-state index < -0.39 is 37.1 Å². The first kappa shape index (κ1) is 18.8. The second kappa shape index (κ2) is 8.16. The molecule has 6 heteroatoms. The van der Waals surface area contributed by atoms with Crippen molar-refractivity contribution in [3.63, 3.8) is 0 Å². The second-order valence-electron chi connectivity index (χ2n) is 6.47. The Bertz CT molecular complexity index is 714. The highest BCUT2D eigenvalue weighted by Crippen LogP contribution is 2.34. The van der Waals surface area contributed by atoms with Crippen molar-refractivity contribution >= 4 is 0 Å². The van der Waals surface area contributed by atoms with Crippen LogP contribution in [0.15, 0.2) is 48.5 Å². The number of methoxy groups -OCH3 is 1. The average molecular weight is 360 g/mol. The van der Waals surface area contributed by atoms with Crippen molar-refractivity contribution in [1.29, 1.82) is 0 Å². The van der Waals surface area contributed by atoms with Crippen molar-refractivity contribution in [1.82, 2.24) is 0 Å². The van der Waals surface area contributed by atoms with Gasteiger partial charge in [-0.2, -0.15) is 0 Å². The Kier molecular flexibility index (Phi) is 5.90. The topological polar surface area (TPSA) is 99.4 Å². The first-order chi connectivity index (χ1) is 12.5. The molecule has 1 fully saturated rings. The summed E-state index contributed by atoms with van der Waals surface area (Å²) in [5.74, 6) is 0.774. The summed E-state index contributed by atoms with van der Waals surface area (Å²) < 4.78 is 10.9. The van der Waals surface area contributed by atoms with E-state index in [4.69, 9.17) is 9.47 Å². The third-order valence-electron chi connectivity index (χ3n) is 4.81. The first-order valence-electron chi connectivity index (χ1n) is 8.56. The highest BCUT2D eigenvalue weighted by molar-refractivity contribution is 5.37. The van der Waals surface area contributed by atoms with E-state index >= 15 is 0 Å². The van der Waals surface area contributed by atoms with Gasteiger partial charge >= 0.3 is 0 Å². The van der Waals surface area contributed by atoms with Gasteiger partial charge in [-0.25, -0.2) is 0 Å². The molecule has 0 aliphatic carbocycles. The Hall–Kier alpha value is -1.96. The standard InChI is InChI=1S/C20H24O6/c1-25-14-8-6-12(7-9-14)10-13-4-2-3-5-15(13)20-19(24)18(23)17(22)16(11-21)26-20/h2-9,16-24H,10-11H2,1H3/t16-,17-,18+,19-,20+/m1/s1. The van der Waals surface area contributed by atoms with Gasteiger partial charge in [-0.15, -0.1) is 0 Å². The maximum atomic E-state index is 10.4. The minimum absolute atomic E-state index is 0.442. The molecule has 5 atom stereocenters. The van der Waals surface area contributed by atoms with Crippen LogP contribution in [0.2, 0.25) is 0 Å². The molecular weight excluding hydrogens is 336 g/mol. The third-order valence-corrected chi connectivity index (χ3v) is 4.81. The van der Waals surface area contributed by atoms with Crippen LogP contribution < -0.4 is 4.74 Å². The summed E-state index contributed by atoms with van der Waals surface area (Å²) in [4.78, 5) is 0. The quantitative estimate of drug-likeness (QED) is 0.630. The summed E-state index contributed by atoms with van der Waals surface area (Å²) in [6.07, 6.45) is -5.19. The molecule has 6 nitrogen and oxygen atoms in total. The molecule has 0 saturated carbocycles. The summed E-state index contributed by atoms with van der Waals surface area (Å²) in [7, 11) is 1.61. The highest BCUT2D eigenvalue weighted by Gasteiger charge is 2.44. The minimum atomic E-state index is -1.39. The molecule has 4 N–H and O–H groups in total. The molecule has 0 amide bonds. The molecule has 0 radical (unpaired) electrons. The molecule has 2 aromatic carbocycles. The lowest BCUT2D eigenvalue weighted by molar-refractivity contribution is -0.231. The molecule has 0 spiro atoms. The number of aliphatic hydroxyl groups is 4. The molecule has 140 valence electrons. The lowest BCUT2D eigenvalue weighted by atomic mass is 9.87. The smallest absolute Gasteiger partial charge is 0.118 e. The van der Waals surface area contributed by atoms with Gasteiger partial charge in [0.05, 0.1) is 13.7 Å². The van der Waals surface area contributed by atoms with Crippen molar-refractivity contribution < 1.29 is 29.9 Å². The average Bonchev–Trinajstić information content (AvgIpc) is 2.68. The van der Waals surface area contributed by atoms with E-state index in [0.29, 0.717) is 6.42 Å². The summed E-state index contributed by atoms with van der Waals surface area (Å²) in [5, 5.41) is 39.8. The number of aliphatic hydroxyl groups excluding tert-OH is 4. The Labute approximate surface area is 152 Å². The maximum absolute atomic E-state index is 10.4. The lowest BCUT2D eigenvalue weighted by Crippen LogP contribution is -2.55. The fraction of sp³-hybridized carbons (Fsp3) is 0.400. The van der Waals surface area contributed by atoms with Crippen LogP contribution in [0.4, 0.5) is 0 Å². The largest absolute Gasteiger partial charge is 0.497 e. The van der Waals surface area contributed by atoms with Gasteiger partial charge in [-0.1, -0.05) is 36.4 Å². The zero-order valence-corrected chi connectivity index (χ0v) is 14.5. The molecule has 1 saturated heterocycles. The van der Waals surface area contributed by atoms with Crippen LogP contribution in [0.5, 0.6) is 5.75 Å². The molecule has 0 unspecified atom stereocenters. The van der Waals surface area contributed by atoms with Gasteiger partial charge < -0.3 is 29.9 Å². The van der Waals surface area contributed by atoms with E-state index in [2.05, 4.69) is 0 Å². The molecule has 0 aromatic heterocycles. The van der Waals surface area contributed by atoms with Gasteiger partial charge in [-0.3, -0.25) is 0 Å². The predicted octanol–water partition coefficient (Wildman–Crippen LogP) is 0.801. The van der Waals surface area contributed by atoms with E-state index in [1.807, 2.05) is 48.5 Å². The van der Waals surface area contributed by atoms with Gasteiger partial charge in [0.15, 0.2) is 0 Å². The molecule has 1 heterocycles. The maximum Gasteiger partial charge on any atom is 0.118 e. The lowest BCUT2D eigenvalue weighted by Gasteiger charge is -2.40. The number of ether oxygens (including phenoxy) is 2. The fourth-order valence-electron chi connectivity index (χ4n) is 3.29. The molecule has 0 bridgehead atoms. The van der Waals surface area contributed by atoms with E-state index in [1.54, 1.807) is 7.11 Å². The molecule has 2 aromatic rings. The van der Waals surface area contributed by atoms with Crippen LogP contribution >= 0.6 is 0 Å². The molecular formula is C20H24O6. The van der Waals surface area contributed by atoms with Gasteiger partial charge in [0.1, 0.15) is 36.3 Å². The van der Waals surface area contributed by atoms with Gasteiger partial charge in [0.25, 0.3) is 0 Å². The van der Waals surface area contributed by atoms with Crippen molar-refractivity contribution in [2.24, 2.45) is 0 Å². The number of benzene rings is 2. The van der Waals surface area contributed by atoms with Crippen molar-refractivity contribution in [3.05, 3.63) is 65.2 Å². The zero-order valence-electron chi connectivity index (χ0n) is 14.5. The van der Waals surface area contributed by atoms with Crippen LogP contribution in [-0.4, -0.2) is 58.6 Å². The van der Waals surface area contributed by atoms with Gasteiger partial charge in [0, 0.05) is 0 Å². The predicted molar refractivity (Wildman–Crippen MR) is 95.0 cm³/mol. The number of hydrogen-bond donors (Lipinski definition) is 4. The minimum Gasteiger partial charge on any atom is -0.497 e. The summed E-state index contributed by atoms with van der Waals surface area (Å²) in [6.45, 7) is -0.442. The Morgan fingerprint density at radius 1 is 0.923 bits per heavy atom. The van der Waals surface area contributed by atoms with Gasteiger partial charge in [-0.05, 0) is 35.2 Å². The van der Waals surface area contributed by atoms with Crippen molar-refractivity contribution in [2.45, 2.75) is 36.9 Å². The zero-order chi connectivity index (χ0) is 18.7. The first-order valence-corrected chi connectivity index (χ1v) is 8.56. The molecule has 26 heavy (non-hydrogen) atoms. The number of rotatable bonds is 5. The number of hydrogen-bond acceptors (Lipinski definition) is 6. The van der Waals surface area contributed by atoms with Crippen molar-refractivity contribution in [3.8, 4) is 5.75 Å². The normalized spacial score (nSPS) is 28.7. The van der Waals surface area contributed by atoms with Crippen LogP contribution in [0.1, 0.15) is 22.8 Å². The fourth-order valence-corrected chi connectivity index (χ4v) is 3.29. The van der Waals surface area contributed by atoms with Crippen molar-refractivity contribution in [2.75, 3.05) is 13.7 Å². The van der Waals surface area contributed by atoms with Crippen LogP contribution in [0.25, 0.3) is 0 Å². The molecule has 1 aliphatic rings. The van der Waals surface area contributed by atoms with E-state index in [0.717, 1.165) is 22.4 Å². The van der Waals surface area contributed by atoms with E-state index in [-0.39, 0.29) is 0 Å². The summed E-state index contributed by atoms with van der Waals surface area (Å²) in [5.41, 5.74) is 2.71. The summed E-state index contributed by atoms with van der Waals surface area (Å²) >= 11 is 0. The highest BCUT2D eigenvalue weighted by atomic mass is 16.5. The van der Waals surface area contributed by atoms with Crippen LogP contribution in [-0.2, 0) is 11.2 Å². The van der Waals surface area contributed by atoms with E-state index in [1.165, 1.54) is 0 Å². The SMILES string of the molecule is COc1ccc(Cc2ccccc2[C@@H]2O[C@H](CO)[C@@H](O)[C@H](O)[C@H]2O)cc1. The molecule has 3 rings (SSSR count). The third kappa shape index (κ3) is 3.75. The Balaban J connectivity index is 1.88. The van der Waals surface area contributed by atoms with E-state index in [9.17, 15) is 20.4 Å². The van der Waals surface area contributed by atoms with Crippen LogP contribution in [0, 0.1) is 0 Å². The molecule has 1 aliphatic heterocycles. The van der Waals surface area contributed by atoms with Gasteiger partial charge in [0.2, 0.25) is 0 Å². The second-order valence-corrected chi connectivity index (χ2v) is 6.47. The Morgan fingerprint density at radius 2 is 1.62 bits per heavy atom. The van der Waals surface area contributed by atoms with Crippen LogP contribution in [0.3, 0.4) is 0 Å².